The van der Waals surface area contributed by atoms with E-state index in [9.17, 15) is 4.79 Å². The number of benzene rings is 1. The number of nitrogens with zero attached hydrogens (tertiary/aromatic N) is 1. The zero-order valence-electron chi connectivity index (χ0n) is 11.6. The molecule has 0 spiro atoms. The Bertz CT molecular complexity index is 441. The molecule has 3 nitrogen and oxygen atoms in total. The highest BCUT2D eigenvalue weighted by molar-refractivity contribution is 6.21. The van der Waals surface area contributed by atoms with E-state index in [-0.39, 0.29) is 23.4 Å². The summed E-state index contributed by atoms with van der Waals surface area (Å²) in [6.07, 6.45) is 2.02. The Morgan fingerprint density at radius 1 is 1.35 bits per heavy atom. The summed E-state index contributed by atoms with van der Waals surface area (Å²) in [7, 11) is 1.92. The first-order valence-electron chi connectivity index (χ1n) is 6.91. The highest BCUT2D eigenvalue weighted by Gasteiger charge is 2.38. The number of hydrogen-bond donors (Lipinski definition) is 1. The van der Waals surface area contributed by atoms with E-state index in [1.165, 1.54) is 0 Å². The number of amides is 1. The number of para-hydroxylation sites is 1. The number of hydrogen-bond acceptors (Lipinski definition) is 2. The number of rotatable bonds is 5. The van der Waals surface area contributed by atoms with Crippen LogP contribution in [0.1, 0.15) is 19.3 Å². The summed E-state index contributed by atoms with van der Waals surface area (Å²) < 4.78 is 0. The Morgan fingerprint density at radius 3 is 2.65 bits per heavy atom. The lowest BCUT2D eigenvalue weighted by molar-refractivity contribution is -0.118. The van der Waals surface area contributed by atoms with E-state index >= 15 is 0 Å². The fraction of sp³-hybridized carbons (Fsp3) is 0.533. The Hall–Kier alpha value is -0.770. The van der Waals surface area contributed by atoms with Crippen molar-refractivity contribution in [3.63, 3.8) is 0 Å². The van der Waals surface area contributed by atoms with Crippen LogP contribution in [-0.2, 0) is 4.79 Å². The zero-order chi connectivity index (χ0) is 14.5. The van der Waals surface area contributed by atoms with Crippen molar-refractivity contribution in [1.29, 1.82) is 0 Å². The fourth-order valence-electron chi connectivity index (χ4n) is 2.86. The predicted molar refractivity (Wildman–Crippen MR) is 84.8 cm³/mol. The average Bonchev–Trinajstić information content (AvgIpc) is 2.81. The highest BCUT2D eigenvalue weighted by Crippen LogP contribution is 2.32. The largest absolute Gasteiger partial charge is 0.315 e. The molecule has 1 aromatic carbocycles. The molecule has 1 aromatic rings. The zero-order valence-corrected chi connectivity index (χ0v) is 13.1. The third-order valence-corrected chi connectivity index (χ3v) is 4.33. The molecule has 3 unspecified atom stereocenters. The summed E-state index contributed by atoms with van der Waals surface area (Å²) in [4.78, 5) is 14.3. The third kappa shape index (κ3) is 3.46. The molecule has 1 aliphatic carbocycles. The van der Waals surface area contributed by atoms with Crippen molar-refractivity contribution in [2.45, 2.75) is 36.7 Å². The Kier molecular flexibility index (Phi) is 5.70. The molecule has 1 fully saturated rings. The molecule has 0 saturated heterocycles. The third-order valence-electron chi connectivity index (χ3n) is 3.79. The van der Waals surface area contributed by atoms with Gasteiger partial charge in [0.25, 0.3) is 0 Å². The number of nitrogens with one attached hydrogen (secondary N) is 1. The summed E-state index contributed by atoms with van der Waals surface area (Å²) >= 11 is 12.0. The van der Waals surface area contributed by atoms with Gasteiger partial charge in [-0.15, -0.1) is 23.2 Å². The highest BCUT2D eigenvalue weighted by atomic mass is 35.5. The number of carbonyl (C=O) groups excluding carboxylic acids is 1. The van der Waals surface area contributed by atoms with Crippen LogP contribution in [0.3, 0.4) is 0 Å². The lowest BCUT2D eigenvalue weighted by Gasteiger charge is -2.33. The van der Waals surface area contributed by atoms with Gasteiger partial charge in [0, 0.05) is 29.4 Å². The van der Waals surface area contributed by atoms with E-state index in [4.69, 9.17) is 23.2 Å². The first-order valence-corrected chi connectivity index (χ1v) is 7.89. The summed E-state index contributed by atoms with van der Waals surface area (Å²) in [6, 6.07) is 10.1. The van der Waals surface area contributed by atoms with Crippen LogP contribution < -0.4 is 10.2 Å². The van der Waals surface area contributed by atoms with Crippen LogP contribution in [-0.4, -0.2) is 36.3 Å². The molecular weight excluding hydrogens is 295 g/mol. The monoisotopic (exact) mass is 314 g/mol. The summed E-state index contributed by atoms with van der Waals surface area (Å²) in [5.41, 5.74) is 0.915. The Labute approximate surface area is 130 Å². The van der Waals surface area contributed by atoms with Crippen molar-refractivity contribution in [2.75, 3.05) is 17.8 Å². The van der Waals surface area contributed by atoms with Gasteiger partial charge in [0.15, 0.2) is 0 Å². The van der Waals surface area contributed by atoms with Crippen molar-refractivity contribution >= 4 is 34.8 Å². The number of carbonyl (C=O) groups is 1. The Balaban J connectivity index is 2.29. The van der Waals surface area contributed by atoms with E-state index in [1.807, 2.05) is 42.3 Å². The standard InChI is InChI=1S/C15H20Cl2N2O/c1-18-13-9-11(17)10-14(13)19(15(20)7-8-16)12-5-3-2-4-6-12/h2-6,11,13-14,18H,7-10H2,1H3. The van der Waals surface area contributed by atoms with Gasteiger partial charge in [0.1, 0.15) is 0 Å². The van der Waals surface area contributed by atoms with E-state index in [2.05, 4.69) is 5.32 Å². The van der Waals surface area contributed by atoms with Crippen molar-refractivity contribution in [3.8, 4) is 0 Å². The van der Waals surface area contributed by atoms with Crippen LogP contribution in [0.5, 0.6) is 0 Å². The van der Waals surface area contributed by atoms with E-state index < -0.39 is 0 Å². The van der Waals surface area contributed by atoms with Crippen LogP contribution in [0, 0.1) is 0 Å². The van der Waals surface area contributed by atoms with Gasteiger partial charge < -0.3 is 10.2 Å². The first kappa shape index (κ1) is 15.6. The lowest BCUT2D eigenvalue weighted by Crippen LogP contribution is -2.49. The topological polar surface area (TPSA) is 32.3 Å². The van der Waals surface area contributed by atoms with Crippen molar-refractivity contribution in [2.24, 2.45) is 0 Å². The maximum Gasteiger partial charge on any atom is 0.228 e. The van der Waals surface area contributed by atoms with Gasteiger partial charge in [-0.05, 0) is 32.0 Å². The molecule has 2 rings (SSSR count). The lowest BCUT2D eigenvalue weighted by atomic mass is 10.1. The average molecular weight is 315 g/mol. The quantitative estimate of drug-likeness (QED) is 0.847. The number of alkyl halides is 2. The normalized spacial score (nSPS) is 25.6. The van der Waals surface area contributed by atoms with Gasteiger partial charge in [-0.25, -0.2) is 0 Å². The predicted octanol–water partition coefficient (Wildman–Crippen LogP) is 3.01. The summed E-state index contributed by atoms with van der Waals surface area (Å²) in [5.74, 6) is 0.394. The summed E-state index contributed by atoms with van der Waals surface area (Å²) in [6.45, 7) is 0. The first-order chi connectivity index (χ1) is 9.67. The minimum absolute atomic E-state index is 0.0576. The number of likely N-dealkylation sites (N-methyl/N-ethyl adjacent to an activating group) is 1. The second-order valence-electron chi connectivity index (χ2n) is 5.07. The minimum atomic E-state index is 0.0576. The molecular formula is C15H20Cl2N2O. The second kappa shape index (κ2) is 7.30. The van der Waals surface area contributed by atoms with Gasteiger partial charge in [0.2, 0.25) is 5.91 Å². The molecule has 1 N–H and O–H groups in total. The molecule has 1 amide bonds. The minimum Gasteiger partial charge on any atom is -0.315 e. The van der Waals surface area contributed by atoms with Gasteiger partial charge in [-0.3, -0.25) is 4.79 Å². The maximum absolute atomic E-state index is 12.5. The maximum atomic E-state index is 12.5. The second-order valence-corrected chi connectivity index (χ2v) is 6.06. The van der Waals surface area contributed by atoms with Gasteiger partial charge in [-0.2, -0.15) is 0 Å². The molecule has 1 saturated carbocycles. The van der Waals surface area contributed by atoms with Gasteiger partial charge >= 0.3 is 0 Å². The summed E-state index contributed by atoms with van der Waals surface area (Å²) in [5, 5.41) is 3.38. The molecule has 0 bridgehead atoms. The van der Waals surface area contributed by atoms with E-state index in [0.29, 0.717) is 12.3 Å². The smallest absolute Gasteiger partial charge is 0.228 e. The van der Waals surface area contributed by atoms with E-state index in [0.717, 1.165) is 18.5 Å². The SMILES string of the molecule is CNC1CC(Cl)CC1N(C(=O)CCCl)c1ccccc1. The van der Waals surface area contributed by atoms with Crippen molar-refractivity contribution in [1.82, 2.24) is 5.32 Å². The molecule has 0 radical (unpaired) electrons. The Morgan fingerprint density at radius 2 is 2.05 bits per heavy atom. The number of anilines is 1. The van der Waals surface area contributed by atoms with Crippen LogP contribution in [0.2, 0.25) is 0 Å². The van der Waals surface area contributed by atoms with Crippen molar-refractivity contribution in [3.05, 3.63) is 30.3 Å². The molecule has 20 heavy (non-hydrogen) atoms. The van der Waals surface area contributed by atoms with Crippen LogP contribution in [0.25, 0.3) is 0 Å². The van der Waals surface area contributed by atoms with Gasteiger partial charge in [-0.1, -0.05) is 18.2 Å². The molecule has 3 atom stereocenters. The number of halogens is 2. The van der Waals surface area contributed by atoms with E-state index in [1.54, 1.807) is 0 Å². The molecule has 5 heteroatoms. The molecule has 0 heterocycles. The fourth-order valence-corrected chi connectivity index (χ4v) is 3.40. The molecule has 0 aromatic heterocycles. The molecule has 1 aliphatic rings. The van der Waals surface area contributed by atoms with Crippen LogP contribution >= 0.6 is 23.2 Å². The molecule has 110 valence electrons. The molecule has 0 aliphatic heterocycles. The van der Waals surface area contributed by atoms with Crippen molar-refractivity contribution < 1.29 is 4.79 Å². The van der Waals surface area contributed by atoms with Gasteiger partial charge in [0.05, 0.1) is 6.04 Å². The van der Waals surface area contributed by atoms with Crippen LogP contribution in [0.4, 0.5) is 5.69 Å². The van der Waals surface area contributed by atoms with Crippen LogP contribution in [0.15, 0.2) is 30.3 Å².